The lowest BCUT2D eigenvalue weighted by atomic mass is 9.77. The van der Waals surface area contributed by atoms with Gasteiger partial charge in [-0.2, -0.15) is 4.39 Å². The highest BCUT2D eigenvalue weighted by molar-refractivity contribution is 5.47. The minimum Gasteiger partial charge on any atom is -0.381 e. The highest BCUT2D eigenvalue weighted by Gasteiger charge is 2.50. The van der Waals surface area contributed by atoms with Crippen LogP contribution in [0.3, 0.4) is 0 Å². The lowest BCUT2D eigenvalue weighted by Crippen LogP contribution is -2.33. The van der Waals surface area contributed by atoms with Gasteiger partial charge in [0.1, 0.15) is 0 Å². The van der Waals surface area contributed by atoms with Crippen molar-refractivity contribution in [3.63, 3.8) is 0 Å². The third-order valence-corrected chi connectivity index (χ3v) is 4.53. The summed E-state index contributed by atoms with van der Waals surface area (Å²) < 4.78 is 20.5. The van der Waals surface area contributed by atoms with Crippen molar-refractivity contribution in [2.45, 2.75) is 30.7 Å². The molecule has 0 aromatic carbocycles. The Bertz CT molecular complexity index is 727. The van der Waals surface area contributed by atoms with E-state index >= 15 is 0 Å². The second-order valence-electron chi connectivity index (χ2n) is 5.54. The molecular formula is C14H13FN4O. The minimum atomic E-state index is -0.528. The molecule has 2 aliphatic rings. The third-order valence-electron chi connectivity index (χ3n) is 4.53. The first-order valence-electron chi connectivity index (χ1n) is 6.72. The van der Waals surface area contributed by atoms with Gasteiger partial charge < -0.3 is 9.58 Å². The summed E-state index contributed by atoms with van der Waals surface area (Å²) in [6, 6.07) is 1.13. The molecule has 2 aromatic heterocycles. The van der Waals surface area contributed by atoms with Crippen LogP contribution in [0.5, 0.6) is 0 Å². The zero-order valence-electron chi connectivity index (χ0n) is 10.8. The normalized spacial score (nSPS) is 23.9. The fourth-order valence-corrected chi connectivity index (χ4v) is 3.59. The van der Waals surface area contributed by atoms with E-state index in [-0.39, 0.29) is 11.5 Å². The van der Waals surface area contributed by atoms with E-state index in [9.17, 15) is 4.39 Å². The van der Waals surface area contributed by atoms with Crippen LogP contribution in [0.2, 0.25) is 0 Å². The molecule has 0 radical (unpaired) electrons. The first-order chi connectivity index (χ1) is 9.73. The zero-order chi connectivity index (χ0) is 13.7. The highest BCUT2D eigenvalue weighted by atomic mass is 19.1. The summed E-state index contributed by atoms with van der Waals surface area (Å²) in [5.74, 6) is -0.528. The molecule has 2 aromatic rings. The third kappa shape index (κ3) is 1.44. The topological polar surface area (TPSA) is 43.8 Å². The van der Waals surface area contributed by atoms with Crippen LogP contribution in [0.4, 0.5) is 4.39 Å². The average Bonchev–Trinajstić information content (AvgIpc) is 2.97. The van der Waals surface area contributed by atoms with Gasteiger partial charge in [-0.1, -0.05) is 0 Å². The first kappa shape index (κ1) is 11.8. The van der Waals surface area contributed by atoms with Crippen molar-refractivity contribution >= 4 is 5.65 Å². The van der Waals surface area contributed by atoms with Crippen molar-refractivity contribution in [1.82, 2.24) is 14.6 Å². The Labute approximate surface area is 115 Å². The molecule has 1 aliphatic carbocycles. The van der Waals surface area contributed by atoms with Gasteiger partial charge in [-0.05, 0) is 12.8 Å². The van der Waals surface area contributed by atoms with E-state index in [2.05, 4.69) is 14.9 Å². The largest absolute Gasteiger partial charge is 0.381 e. The van der Waals surface area contributed by atoms with E-state index in [0.717, 1.165) is 30.5 Å². The molecule has 3 heterocycles. The van der Waals surface area contributed by atoms with Crippen LogP contribution in [0.1, 0.15) is 36.6 Å². The molecular weight excluding hydrogens is 259 g/mol. The maximum absolute atomic E-state index is 13.5. The van der Waals surface area contributed by atoms with Crippen LogP contribution in [0, 0.1) is 12.5 Å². The Morgan fingerprint density at radius 2 is 2.25 bits per heavy atom. The van der Waals surface area contributed by atoms with Crippen molar-refractivity contribution in [2.75, 3.05) is 13.2 Å². The van der Waals surface area contributed by atoms with Gasteiger partial charge >= 0.3 is 0 Å². The van der Waals surface area contributed by atoms with E-state index in [1.165, 1.54) is 6.07 Å². The maximum atomic E-state index is 13.5. The average molecular weight is 272 g/mol. The van der Waals surface area contributed by atoms with Crippen LogP contribution in [0.25, 0.3) is 10.5 Å². The monoisotopic (exact) mass is 272 g/mol. The van der Waals surface area contributed by atoms with Gasteiger partial charge in [0.25, 0.3) is 6.04 Å². The second kappa shape index (κ2) is 4.00. The molecule has 0 bridgehead atoms. The van der Waals surface area contributed by atoms with Crippen LogP contribution in [-0.2, 0) is 10.2 Å². The molecule has 0 saturated carbocycles. The number of ether oxygens (including phenoxy) is 1. The number of hydrogen-bond donors (Lipinski definition) is 0. The van der Waals surface area contributed by atoms with Gasteiger partial charge in [0.2, 0.25) is 5.95 Å². The van der Waals surface area contributed by atoms with E-state index in [4.69, 9.17) is 11.3 Å². The molecule has 102 valence electrons. The number of nitrogens with zero attached hydrogens (tertiary/aromatic N) is 4. The number of hydrogen-bond acceptors (Lipinski definition) is 3. The van der Waals surface area contributed by atoms with Crippen LogP contribution in [-0.4, -0.2) is 27.8 Å². The minimum absolute atomic E-state index is 0.123. The molecule has 4 rings (SSSR count). The van der Waals surface area contributed by atoms with Crippen LogP contribution in [0.15, 0.2) is 12.3 Å². The molecule has 1 atom stereocenters. The number of fused-ring (bicyclic) bond motifs is 4. The van der Waals surface area contributed by atoms with Gasteiger partial charge in [-0.3, -0.25) is 0 Å². The molecule has 1 spiro atoms. The molecule has 5 nitrogen and oxygen atoms in total. The molecule has 6 heteroatoms. The summed E-state index contributed by atoms with van der Waals surface area (Å²) in [5.41, 5.74) is 2.26. The summed E-state index contributed by atoms with van der Waals surface area (Å²) in [6.45, 7) is 8.76. The van der Waals surface area contributed by atoms with E-state index in [1.807, 2.05) is 0 Å². The SMILES string of the molecule is [C-]#[N+]C1CC2(CCOCC2)c2c1cnc1cc(F)nn21. The van der Waals surface area contributed by atoms with E-state index in [1.54, 1.807) is 10.7 Å². The molecule has 1 fully saturated rings. The lowest BCUT2D eigenvalue weighted by molar-refractivity contribution is 0.0477. The van der Waals surface area contributed by atoms with Crippen molar-refractivity contribution in [3.05, 3.63) is 40.9 Å². The molecule has 1 aliphatic heterocycles. The van der Waals surface area contributed by atoms with Gasteiger partial charge in [0.15, 0.2) is 5.65 Å². The fraction of sp³-hybridized carbons (Fsp3) is 0.500. The van der Waals surface area contributed by atoms with E-state index in [0.29, 0.717) is 18.9 Å². The van der Waals surface area contributed by atoms with Crippen LogP contribution < -0.4 is 0 Å². The lowest BCUT2D eigenvalue weighted by Gasteiger charge is -2.33. The van der Waals surface area contributed by atoms with Crippen molar-refractivity contribution in [3.8, 4) is 0 Å². The highest BCUT2D eigenvalue weighted by Crippen LogP contribution is 2.51. The van der Waals surface area contributed by atoms with E-state index < -0.39 is 5.95 Å². The standard InChI is InChI=1S/C14H13FN4O/c1-16-10-7-14(2-4-20-5-3-14)13-9(10)8-17-12-6-11(15)18-19(12)13/h6,8,10H,2-5,7H2. The van der Waals surface area contributed by atoms with Crippen LogP contribution >= 0.6 is 0 Å². The second-order valence-corrected chi connectivity index (χ2v) is 5.54. The number of aromatic nitrogens is 3. The number of rotatable bonds is 0. The number of halogens is 1. The Balaban J connectivity index is 2.01. The summed E-state index contributed by atoms with van der Waals surface area (Å²) in [6.07, 6.45) is 4.19. The van der Waals surface area contributed by atoms with Crippen molar-refractivity contribution < 1.29 is 9.13 Å². The summed E-state index contributed by atoms with van der Waals surface area (Å²) in [7, 11) is 0. The van der Waals surface area contributed by atoms with Gasteiger partial charge in [0.05, 0.1) is 11.3 Å². The molecule has 0 N–H and O–H groups in total. The quantitative estimate of drug-likeness (QED) is 0.691. The first-order valence-corrected chi connectivity index (χ1v) is 6.72. The molecule has 20 heavy (non-hydrogen) atoms. The summed E-state index contributed by atoms with van der Waals surface area (Å²) in [5, 5.41) is 3.95. The Morgan fingerprint density at radius 3 is 3.00 bits per heavy atom. The molecule has 1 saturated heterocycles. The van der Waals surface area contributed by atoms with Crippen molar-refractivity contribution in [2.24, 2.45) is 0 Å². The fourth-order valence-electron chi connectivity index (χ4n) is 3.59. The van der Waals surface area contributed by atoms with Gasteiger partial charge in [-0.25, -0.2) is 16.1 Å². The Morgan fingerprint density at radius 1 is 1.45 bits per heavy atom. The predicted molar refractivity (Wildman–Crippen MR) is 68.6 cm³/mol. The Hall–Kier alpha value is -2.00. The van der Waals surface area contributed by atoms with Gasteiger partial charge in [0, 0.05) is 37.3 Å². The summed E-state index contributed by atoms with van der Waals surface area (Å²) >= 11 is 0. The predicted octanol–water partition coefficient (Wildman–Crippen LogP) is 2.28. The maximum Gasteiger partial charge on any atom is 0.252 e. The molecule has 1 unspecified atom stereocenters. The smallest absolute Gasteiger partial charge is 0.252 e. The van der Waals surface area contributed by atoms with Gasteiger partial charge in [-0.15, -0.1) is 5.10 Å². The summed E-state index contributed by atoms with van der Waals surface area (Å²) in [4.78, 5) is 7.96. The van der Waals surface area contributed by atoms with Crippen molar-refractivity contribution in [1.29, 1.82) is 0 Å². The zero-order valence-corrected chi connectivity index (χ0v) is 10.8. The molecule has 0 amide bonds. The Kier molecular flexibility index (Phi) is 2.36.